The molecule has 11 heavy (non-hydrogen) atoms. The first kappa shape index (κ1) is 10.9. The van der Waals surface area contributed by atoms with Gasteiger partial charge in [0.05, 0.1) is 0 Å². The van der Waals surface area contributed by atoms with Gasteiger partial charge in [-0.1, -0.05) is 26.7 Å². The summed E-state index contributed by atoms with van der Waals surface area (Å²) in [5.74, 6) is 0.692. The molecule has 0 saturated heterocycles. The molecule has 1 atom stereocenters. The largest absolute Gasteiger partial charge is 0.326 e. The van der Waals surface area contributed by atoms with E-state index >= 15 is 0 Å². The molecule has 0 aliphatic carbocycles. The zero-order chi connectivity index (χ0) is 8.85. The Morgan fingerprint density at radius 1 is 1.18 bits per heavy atom. The van der Waals surface area contributed by atoms with E-state index in [-0.39, 0.29) is 0 Å². The molecule has 2 nitrogen and oxygen atoms in total. The van der Waals surface area contributed by atoms with E-state index in [9.17, 15) is 0 Å². The minimum absolute atomic E-state index is 0.347. The molecule has 0 fully saturated rings. The van der Waals surface area contributed by atoms with Crippen molar-refractivity contribution >= 4 is 0 Å². The van der Waals surface area contributed by atoms with Gasteiger partial charge in [0, 0.05) is 12.6 Å². The van der Waals surface area contributed by atoms with Gasteiger partial charge in [-0.05, 0) is 20.0 Å². The minimum atomic E-state index is 0.347. The van der Waals surface area contributed by atoms with Crippen LogP contribution in [0.3, 0.4) is 0 Å². The molecule has 0 aliphatic heterocycles. The number of likely N-dealkylation sites (N-methyl/N-ethyl adjacent to an activating group) is 1. The number of rotatable bonds is 5. The first-order chi connectivity index (χ1) is 5.11. The van der Waals surface area contributed by atoms with Crippen molar-refractivity contribution in [3.05, 3.63) is 0 Å². The van der Waals surface area contributed by atoms with Crippen molar-refractivity contribution in [2.45, 2.75) is 32.7 Å². The second-order valence-corrected chi connectivity index (χ2v) is 3.50. The molecule has 0 bridgehead atoms. The van der Waals surface area contributed by atoms with E-state index in [0.717, 1.165) is 6.54 Å². The molecule has 0 aromatic rings. The van der Waals surface area contributed by atoms with Gasteiger partial charge in [-0.3, -0.25) is 0 Å². The quantitative estimate of drug-likeness (QED) is 0.653. The van der Waals surface area contributed by atoms with Gasteiger partial charge in [-0.25, -0.2) is 0 Å². The maximum absolute atomic E-state index is 6.00. The molecule has 0 aromatic heterocycles. The van der Waals surface area contributed by atoms with Crippen LogP contribution in [0, 0.1) is 5.92 Å². The first-order valence-corrected chi connectivity index (χ1v) is 4.52. The Hall–Kier alpha value is -0.0800. The lowest BCUT2D eigenvalue weighted by Gasteiger charge is -2.24. The fraction of sp³-hybridized carbons (Fsp3) is 1.00. The van der Waals surface area contributed by atoms with Crippen LogP contribution in [0.1, 0.15) is 26.7 Å². The van der Waals surface area contributed by atoms with Crippen LogP contribution in [-0.2, 0) is 0 Å². The Bertz CT molecular complexity index is 87.6. The average molecular weight is 158 g/mol. The summed E-state index contributed by atoms with van der Waals surface area (Å²) in [5, 5.41) is 0. The SMILES string of the molecule is CCC(CC)C(N)CN(C)C. The van der Waals surface area contributed by atoms with Crippen LogP contribution in [-0.4, -0.2) is 31.6 Å². The van der Waals surface area contributed by atoms with Crippen LogP contribution in [0.25, 0.3) is 0 Å². The van der Waals surface area contributed by atoms with Crippen LogP contribution in [0.5, 0.6) is 0 Å². The topological polar surface area (TPSA) is 29.3 Å². The van der Waals surface area contributed by atoms with Crippen LogP contribution < -0.4 is 5.73 Å². The van der Waals surface area contributed by atoms with Crippen molar-refractivity contribution in [2.24, 2.45) is 11.7 Å². The number of hydrogen-bond donors (Lipinski definition) is 1. The average Bonchev–Trinajstić information content (AvgIpc) is 1.88. The number of hydrogen-bond acceptors (Lipinski definition) is 2. The molecule has 0 aromatic carbocycles. The van der Waals surface area contributed by atoms with Crippen molar-refractivity contribution in [3.8, 4) is 0 Å². The fourth-order valence-electron chi connectivity index (χ4n) is 1.46. The lowest BCUT2D eigenvalue weighted by Crippen LogP contribution is -2.39. The van der Waals surface area contributed by atoms with E-state index in [0.29, 0.717) is 12.0 Å². The lowest BCUT2D eigenvalue weighted by atomic mass is 9.95. The molecule has 2 heteroatoms. The van der Waals surface area contributed by atoms with E-state index in [1.54, 1.807) is 0 Å². The molecule has 68 valence electrons. The van der Waals surface area contributed by atoms with E-state index in [2.05, 4.69) is 32.8 Å². The highest BCUT2D eigenvalue weighted by atomic mass is 15.1. The lowest BCUT2D eigenvalue weighted by molar-refractivity contribution is 0.297. The van der Waals surface area contributed by atoms with Crippen LogP contribution in [0.2, 0.25) is 0 Å². The highest BCUT2D eigenvalue weighted by Crippen LogP contribution is 2.11. The van der Waals surface area contributed by atoms with E-state index < -0.39 is 0 Å². The summed E-state index contributed by atoms with van der Waals surface area (Å²) in [4.78, 5) is 2.16. The second kappa shape index (κ2) is 5.56. The third-order valence-electron chi connectivity index (χ3n) is 2.23. The highest BCUT2D eigenvalue weighted by Gasteiger charge is 2.13. The Labute approximate surface area is 70.8 Å². The smallest absolute Gasteiger partial charge is 0.0196 e. The molecule has 0 radical (unpaired) electrons. The summed E-state index contributed by atoms with van der Waals surface area (Å²) in [6.45, 7) is 5.43. The van der Waals surface area contributed by atoms with Gasteiger partial charge in [-0.15, -0.1) is 0 Å². The number of nitrogens with two attached hydrogens (primary N) is 1. The van der Waals surface area contributed by atoms with Gasteiger partial charge >= 0.3 is 0 Å². The summed E-state index contributed by atoms with van der Waals surface area (Å²) in [6, 6.07) is 0.347. The summed E-state index contributed by atoms with van der Waals surface area (Å²) in [7, 11) is 4.14. The van der Waals surface area contributed by atoms with Crippen molar-refractivity contribution in [1.82, 2.24) is 4.90 Å². The van der Waals surface area contributed by atoms with Crippen LogP contribution in [0.15, 0.2) is 0 Å². The van der Waals surface area contributed by atoms with E-state index in [1.807, 2.05) is 0 Å². The second-order valence-electron chi connectivity index (χ2n) is 3.50. The van der Waals surface area contributed by atoms with E-state index in [4.69, 9.17) is 5.73 Å². The third kappa shape index (κ3) is 4.38. The fourth-order valence-corrected chi connectivity index (χ4v) is 1.46. The minimum Gasteiger partial charge on any atom is -0.326 e. The molecule has 0 saturated carbocycles. The maximum atomic E-state index is 6.00. The molecule has 0 rings (SSSR count). The molecule has 0 spiro atoms. The predicted molar refractivity (Wildman–Crippen MR) is 50.6 cm³/mol. The molecule has 0 amide bonds. The summed E-state index contributed by atoms with van der Waals surface area (Å²) >= 11 is 0. The Balaban J connectivity index is 3.68. The normalized spacial score (nSPS) is 14.5. The zero-order valence-corrected chi connectivity index (χ0v) is 8.30. The molecule has 1 unspecified atom stereocenters. The third-order valence-corrected chi connectivity index (χ3v) is 2.23. The van der Waals surface area contributed by atoms with Crippen molar-refractivity contribution < 1.29 is 0 Å². The first-order valence-electron chi connectivity index (χ1n) is 4.52. The Morgan fingerprint density at radius 3 is 1.91 bits per heavy atom. The zero-order valence-electron chi connectivity index (χ0n) is 8.30. The maximum Gasteiger partial charge on any atom is 0.0196 e. The molecule has 0 aliphatic rings. The summed E-state index contributed by atoms with van der Waals surface area (Å²) < 4.78 is 0. The molecular weight excluding hydrogens is 136 g/mol. The van der Waals surface area contributed by atoms with Crippen LogP contribution >= 0.6 is 0 Å². The van der Waals surface area contributed by atoms with Crippen molar-refractivity contribution in [3.63, 3.8) is 0 Å². The van der Waals surface area contributed by atoms with Gasteiger partial charge in [0.2, 0.25) is 0 Å². The van der Waals surface area contributed by atoms with E-state index in [1.165, 1.54) is 12.8 Å². The van der Waals surface area contributed by atoms with Gasteiger partial charge in [-0.2, -0.15) is 0 Å². The molecule has 2 N–H and O–H groups in total. The Morgan fingerprint density at radius 2 is 1.64 bits per heavy atom. The van der Waals surface area contributed by atoms with Gasteiger partial charge in [0.25, 0.3) is 0 Å². The van der Waals surface area contributed by atoms with Gasteiger partial charge in [0.1, 0.15) is 0 Å². The van der Waals surface area contributed by atoms with Crippen molar-refractivity contribution in [1.29, 1.82) is 0 Å². The highest BCUT2D eigenvalue weighted by molar-refractivity contribution is 4.72. The summed E-state index contributed by atoms with van der Waals surface area (Å²) in [5.41, 5.74) is 6.00. The Kier molecular flexibility index (Phi) is 5.51. The number of nitrogens with zero attached hydrogens (tertiary/aromatic N) is 1. The monoisotopic (exact) mass is 158 g/mol. The van der Waals surface area contributed by atoms with Crippen molar-refractivity contribution in [2.75, 3.05) is 20.6 Å². The van der Waals surface area contributed by atoms with Gasteiger partial charge < -0.3 is 10.6 Å². The molecular formula is C9H22N2. The van der Waals surface area contributed by atoms with Gasteiger partial charge in [0.15, 0.2) is 0 Å². The van der Waals surface area contributed by atoms with Crippen LogP contribution in [0.4, 0.5) is 0 Å². The standard InChI is InChI=1S/C9H22N2/c1-5-8(6-2)9(10)7-11(3)4/h8-9H,5-7,10H2,1-4H3. The predicted octanol–water partition coefficient (Wildman–Crippen LogP) is 1.31. The summed E-state index contributed by atoms with van der Waals surface area (Å²) in [6.07, 6.45) is 2.40. The molecule has 0 heterocycles.